The molecule has 3 aromatic carbocycles. The van der Waals surface area contributed by atoms with Gasteiger partial charge >= 0.3 is 0 Å². The van der Waals surface area contributed by atoms with Crippen molar-refractivity contribution in [2.45, 2.75) is 29.4 Å². The second kappa shape index (κ2) is 10.8. The van der Waals surface area contributed by atoms with Gasteiger partial charge in [-0.15, -0.1) is 11.3 Å². The number of aromatic nitrogens is 1. The Morgan fingerprint density at radius 2 is 1.71 bits per heavy atom. The number of carbonyl (C=O) groups excluding carboxylic acids is 2. The van der Waals surface area contributed by atoms with Gasteiger partial charge in [-0.05, 0) is 67.3 Å². The van der Waals surface area contributed by atoms with E-state index in [2.05, 4.69) is 5.32 Å². The van der Waals surface area contributed by atoms with Crippen molar-refractivity contribution in [3.05, 3.63) is 88.4 Å². The molecule has 0 spiro atoms. The molecule has 1 aliphatic rings. The van der Waals surface area contributed by atoms with Gasteiger partial charge in [0.15, 0.2) is 4.34 Å². The highest BCUT2D eigenvalue weighted by Gasteiger charge is 2.23. The Morgan fingerprint density at radius 1 is 0.971 bits per heavy atom. The SMILES string of the molecule is O=C(Nc1ccc2nc(SCc3ccc(Cl)cc3)sc2c1)c1ccccc1C(=O)N1CCCCC1. The highest BCUT2D eigenvalue weighted by molar-refractivity contribution is 8.00. The number of fused-ring (bicyclic) bond motifs is 1. The molecule has 35 heavy (non-hydrogen) atoms. The van der Waals surface area contributed by atoms with Gasteiger partial charge in [0.1, 0.15) is 0 Å². The number of anilines is 1. The normalized spacial score (nSPS) is 13.7. The lowest BCUT2D eigenvalue weighted by Crippen LogP contribution is -2.36. The fourth-order valence-electron chi connectivity index (χ4n) is 4.10. The Labute approximate surface area is 217 Å². The van der Waals surface area contributed by atoms with Crippen LogP contribution in [0.3, 0.4) is 0 Å². The van der Waals surface area contributed by atoms with Crippen molar-refractivity contribution in [3.8, 4) is 0 Å². The van der Waals surface area contributed by atoms with Gasteiger partial charge in [0.25, 0.3) is 11.8 Å². The van der Waals surface area contributed by atoms with E-state index >= 15 is 0 Å². The van der Waals surface area contributed by atoms with Crippen molar-refractivity contribution in [2.75, 3.05) is 18.4 Å². The second-order valence-corrected chi connectivity index (χ2v) is 11.1. The van der Waals surface area contributed by atoms with Crippen LogP contribution in [-0.4, -0.2) is 34.8 Å². The average molecular weight is 522 g/mol. The Morgan fingerprint density at radius 3 is 2.49 bits per heavy atom. The van der Waals surface area contributed by atoms with Crippen LogP contribution in [0.4, 0.5) is 5.69 Å². The Balaban J connectivity index is 1.29. The van der Waals surface area contributed by atoms with Gasteiger partial charge in [0, 0.05) is 29.6 Å². The fourth-order valence-corrected chi connectivity index (χ4v) is 6.29. The lowest BCUT2D eigenvalue weighted by molar-refractivity contribution is 0.0720. The number of benzene rings is 3. The smallest absolute Gasteiger partial charge is 0.256 e. The number of amides is 2. The van der Waals surface area contributed by atoms with E-state index < -0.39 is 0 Å². The number of nitrogens with zero attached hydrogens (tertiary/aromatic N) is 2. The monoisotopic (exact) mass is 521 g/mol. The summed E-state index contributed by atoms with van der Waals surface area (Å²) < 4.78 is 1.97. The standard InChI is InChI=1S/C27H24ClN3O2S2/c28-19-10-8-18(9-11-19)17-34-27-30-23-13-12-20(16-24(23)35-27)29-25(32)21-6-2-3-7-22(21)26(33)31-14-4-1-5-15-31/h2-3,6-13,16H,1,4-5,14-15,17H2,(H,29,32). The second-order valence-electron chi connectivity index (χ2n) is 8.43. The summed E-state index contributed by atoms with van der Waals surface area (Å²) in [6, 6.07) is 20.6. The Kier molecular flexibility index (Phi) is 7.37. The molecule has 1 N–H and O–H groups in total. The average Bonchev–Trinajstić information content (AvgIpc) is 3.30. The minimum absolute atomic E-state index is 0.0734. The van der Waals surface area contributed by atoms with Crippen LogP contribution < -0.4 is 5.32 Å². The number of piperidine rings is 1. The summed E-state index contributed by atoms with van der Waals surface area (Å²) in [6.45, 7) is 1.49. The number of thiazole rings is 1. The highest BCUT2D eigenvalue weighted by Crippen LogP contribution is 2.33. The maximum atomic E-state index is 13.1. The summed E-state index contributed by atoms with van der Waals surface area (Å²) in [6.07, 6.45) is 3.16. The number of likely N-dealkylation sites (tertiary alicyclic amines) is 1. The van der Waals surface area contributed by atoms with E-state index in [1.165, 1.54) is 5.56 Å². The molecule has 0 aliphatic carbocycles. The molecule has 0 bridgehead atoms. The summed E-state index contributed by atoms with van der Waals surface area (Å²) in [4.78, 5) is 32.8. The van der Waals surface area contributed by atoms with Crippen LogP contribution in [0.2, 0.25) is 5.02 Å². The molecule has 2 heterocycles. The maximum Gasteiger partial charge on any atom is 0.256 e. The summed E-state index contributed by atoms with van der Waals surface area (Å²) in [5.74, 6) is 0.450. The van der Waals surface area contributed by atoms with Crippen molar-refractivity contribution < 1.29 is 9.59 Å². The zero-order chi connectivity index (χ0) is 24.2. The van der Waals surface area contributed by atoms with Crippen LogP contribution in [0.15, 0.2) is 71.1 Å². The van der Waals surface area contributed by atoms with Crippen molar-refractivity contribution in [2.24, 2.45) is 0 Å². The number of nitrogens with one attached hydrogen (secondary N) is 1. The molecule has 1 fully saturated rings. The number of hydrogen-bond acceptors (Lipinski definition) is 5. The van der Waals surface area contributed by atoms with E-state index in [0.29, 0.717) is 16.8 Å². The van der Waals surface area contributed by atoms with Gasteiger partial charge in [-0.2, -0.15) is 0 Å². The first kappa shape index (κ1) is 23.9. The minimum atomic E-state index is -0.285. The Bertz CT molecular complexity index is 1360. The van der Waals surface area contributed by atoms with Crippen LogP contribution in [-0.2, 0) is 5.75 Å². The van der Waals surface area contributed by atoms with Gasteiger partial charge < -0.3 is 10.2 Å². The van der Waals surface area contributed by atoms with Crippen molar-refractivity contribution in [1.29, 1.82) is 0 Å². The third kappa shape index (κ3) is 5.69. The third-order valence-corrected chi connectivity index (χ3v) is 8.43. The van der Waals surface area contributed by atoms with Gasteiger partial charge in [0.2, 0.25) is 0 Å². The molecule has 0 atom stereocenters. The summed E-state index contributed by atoms with van der Waals surface area (Å²) >= 11 is 9.24. The molecule has 8 heteroatoms. The molecule has 0 saturated carbocycles. The highest BCUT2D eigenvalue weighted by atomic mass is 35.5. The fraction of sp³-hybridized carbons (Fsp3) is 0.222. The third-order valence-electron chi connectivity index (χ3n) is 5.95. The van der Waals surface area contributed by atoms with Crippen LogP contribution in [0.1, 0.15) is 45.5 Å². The topological polar surface area (TPSA) is 62.3 Å². The molecule has 1 aromatic heterocycles. The number of halogens is 1. The molecule has 1 saturated heterocycles. The van der Waals surface area contributed by atoms with Crippen LogP contribution >= 0.6 is 34.7 Å². The first-order valence-electron chi connectivity index (χ1n) is 11.5. The number of carbonyl (C=O) groups is 2. The van der Waals surface area contributed by atoms with E-state index in [0.717, 1.165) is 57.7 Å². The minimum Gasteiger partial charge on any atom is -0.339 e. The van der Waals surface area contributed by atoms with Gasteiger partial charge in [0.05, 0.1) is 21.3 Å². The summed E-state index contributed by atoms with van der Waals surface area (Å²) in [5, 5.41) is 3.70. The lowest BCUT2D eigenvalue weighted by Gasteiger charge is -2.27. The van der Waals surface area contributed by atoms with Crippen LogP contribution in [0.5, 0.6) is 0 Å². The largest absolute Gasteiger partial charge is 0.339 e. The molecule has 1 aliphatic heterocycles. The van der Waals surface area contributed by atoms with E-state index in [-0.39, 0.29) is 11.8 Å². The van der Waals surface area contributed by atoms with Crippen molar-refractivity contribution in [3.63, 3.8) is 0 Å². The molecule has 4 aromatic rings. The molecule has 0 radical (unpaired) electrons. The van der Waals surface area contributed by atoms with Crippen molar-refractivity contribution in [1.82, 2.24) is 9.88 Å². The van der Waals surface area contributed by atoms with Gasteiger partial charge in [-0.1, -0.05) is 47.6 Å². The van der Waals surface area contributed by atoms with Crippen molar-refractivity contribution >= 4 is 62.4 Å². The number of thioether (sulfide) groups is 1. The molecule has 5 nitrogen and oxygen atoms in total. The Hall–Kier alpha value is -2.87. The van der Waals surface area contributed by atoms with E-state index in [9.17, 15) is 9.59 Å². The maximum absolute atomic E-state index is 13.1. The summed E-state index contributed by atoms with van der Waals surface area (Å²) in [5.41, 5.74) is 3.61. The first-order chi connectivity index (χ1) is 17.1. The zero-order valence-corrected chi connectivity index (χ0v) is 21.4. The predicted octanol–water partition coefficient (Wildman–Crippen LogP) is 7.12. The quantitative estimate of drug-likeness (QED) is 0.274. The van der Waals surface area contributed by atoms with E-state index in [4.69, 9.17) is 16.6 Å². The molecular weight excluding hydrogens is 498 g/mol. The predicted molar refractivity (Wildman–Crippen MR) is 145 cm³/mol. The molecule has 5 rings (SSSR count). The molecule has 178 valence electrons. The van der Waals surface area contributed by atoms with Crippen LogP contribution in [0, 0.1) is 0 Å². The van der Waals surface area contributed by atoms with E-state index in [1.54, 1.807) is 47.4 Å². The summed E-state index contributed by atoms with van der Waals surface area (Å²) in [7, 11) is 0. The van der Waals surface area contributed by atoms with Crippen LogP contribution in [0.25, 0.3) is 10.2 Å². The first-order valence-corrected chi connectivity index (χ1v) is 13.7. The van der Waals surface area contributed by atoms with E-state index in [1.807, 2.05) is 47.4 Å². The van der Waals surface area contributed by atoms with Gasteiger partial charge in [-0.25, -0.2) is 4.98 Å². The molecule has 0 unspecified atom stereocenters. The lowest BCUT2D eigenvalue weighted by atomic mass is 10.0. The zero-order valence-electron chi connectivity index (χ0n) is 19.0. The molecular formula is C27H24ClN3O2S2. The molecule has 2 amide bonds. The number of hydrogen-bond donors (Lipinski definition) is 1. The number of rotatable bonds is 6. The van der Waals surface area contributed by atoms with Gasteiger partial charge in [-0.3, -0.25) is 9.59 Å².